The predicted octanol–water partition coefficient (Wildman–Crippen LogP) is 3.03. The Hall–Kier alpha value is -1.06. The molecule has 3 heteroatoms. The molecule has 0 atom stereocenters. The van der Waals surface area contributed by atoms with Crippen molar-refractivity contribution < 1.29 is 9.47 Å². The van der Waals surface area contributed by atoms with Gasteiger partial charge in [0.05, 0.1) is 13.2 Å². The molecule has 1 aromatic carbocycles. The van der Waals surface area contributed by atoms with Crippen molar-refractivity contribution in [2.45, 2.75) is 33.1 Å². The monoisotopic (exact) mass is 265 g/mol. The van der Waals surface area contributed by atoms with Crippen molar-refractivity contribution in [1.82, 2.24) is 5.32 Å². The fraction of sp³-hybridized carbons (Fsp3) is 0.625. The standard InChI is InChI=1S/C16H27NO2/c1-3-5-10-17-11-12-18-13-14-19-16-8-6-15(4-2)7-9-16/h6-9,17H,3-5,10-14H2,1-2H3. The second-order valence-corrected chi connectivity index (χ2v) is 4.56. The van der Waals surface area contributed by atoms with Crippen molar-refractivity contribution in [3.63, 3.8) is 0 Å². The molecule has 1 N–H and O–H groups in total. The zero-order valence-corrected chi connectivity index (χ0v) is 12.3. The third kappa shape index (κ3) is 7.85. The van der Waals surface area contributed by atoms with E-state index >= 15 is 0 Å². The molecule has 0 spiro atoms. The second kappa shape index (κ2) is 10.8. The molecule has 0 saturated carbocycles. The Morgan fingerprint density at radius 2 is 1.74 bits per heavy atom. The van der Waals surface area contributed by atoms with Crippen molar-refractivity contribution in [3.8, 4) is 5.75 Å². The van der Waals surface area contributed by atoms with E-state index in [1.165, 1.54) is 18.4 Å². The summed E-state index contributed by atoms with van der Waals surface area (Å²) in [7, 11) is 0. The minimum atomic E-state index is 0.612. The largest absolute Gasteiger partial charge is 0.491 e. The molecule has 0 fully saturated rings. The van der Waals surface area contributed by atoms with Crippen LogP contribution in [0.4, 0.5) is 0 Å². The lowest BCUT2D eigenvalue weighted by molar-refractivity contribution is 0.102. The van der Waals surface area contributed by atoms with Crippen LogP contribution in [-0.2, 0) is 11.2 Å². The van der Waals surface area contributed by atoms with E-state index < -0.39 is 0 Å². The molecule has 19 heavy (non-hydrogen) atoms. The number of hydrogen-bond donors (Lipinski definition) is 1. The fourth-order valence-corrected chi connectivity index (χ4v) is 1.71. The van der Waals surface area contributed by atoms with Crippen molar-refractivity contribution in [1.29, 1.82) is 0 Å². The SMILES string of the molecule is CCCCNCCOCCOc1ccc(CC)cc1. The molecule has 0 saturated heterocycles. The number of aryl methyl sites for hydroxylation is 1. The number of ether oxygens (including phenoxy) is 2. The first-order chi connectivity index (χ1) is 9.36. The minimum absolute atomic E-state index is 0.612. The lowest BCUT2D eigenvalue weighted by atomic mass is 10.2. The van der Waals surface area contributed by atoms with Crippen LogP contribution in [0.25, 0.3) is 0 Å². The first-order valence-corrected chi connectivity index (χ1v) is 7.37. The fourth-order valence-electron chi connectivity index (χ4n) is 1.71. The van der Waals surface area contributed by atoms with Gasteiger partial charge in [0.15, 0.2) is 0 Å². The predicted molar refractivity (Wildman–Crippen MR) is 79.9 cm³/mol. The highest BCUT2D eigenvalue weighted by molar-refractivity contribution is 5.27. The number of hydrogen-bond acceptors (Lipinski definition) is 3. The van der Waals surface area contributed by atoms with Crippen LogP contribution in [0, 0.1) is 0 Å². The van der Waals surface area contributed by atoms with E-state index in [-0.39, 0.29) is 0 Å². The topological polar surface area (TPSA) is 30.5 Å². The Labute approximate surface area is 117 Å². The number of rotatable bonds is 11. The lowest BCUT2D eigenvalue weighted by Crippen LogP contribution is -2.21. The maximum absolute atomic E-state index is 5.61. The van der Waals surface area contributed by atoms with Crippen LogP contribution in [0.2, 0.25) is 0 Å². The van der Waals surface area contributed by atoms with Crippen molar-refractivity contribution in [2.75, 3.05) is 32.9 Å². The molecular formula is C16H27NO2. The Balaban J connectivity index is 1.95. The van der Waals surface area contributed by atoms with Gasteiger partial charge in [-0.05, 0) is 37.1 Å². The zero-order chi connectivity index (χ0) is 13.8. The smallest absolute Gasteiger partial charge is 0.119 e. The molecule has 0 bridgehead atoms. The van der Waals surface area contributed by atoms with Crippen LogP contribution in [-0.4, -0.2) is 32.9 Å². The molecule has 0 aliphatic carbocycles. The molecule has 0 amide bonds. The van der Waals surface area contributed by atoms with Gasteiger partial charge in [0, 0.05) is 6.54 Å². The van der Waals surface area contributed by atoms with Crippen LogP contribution in [0.1, 0.15) is 32.3 Å². The van der Waals surface area contributed by atoms with Crippen LogP contribution >= 0.6 is 0 Å². The average Bonchev–Trinajstić information content (AvgIpc) is 2.46. The van der Waals surface area contributed by atoms with Gasteiger partial charge < -0.3 is 14.8 Å². The van der Waals surface area contributed by atoms with Gasteiger partial charge in [-0.3, -0.25) is 0 Å². The molecule has 0 aliphatic heterocycles. The van der Waals surface area contributed by atoms with Gasteiger partial charge in [0.2, 0.25) is 0 Å². The highest BCUT2D eigenvalue weighted by Gasteiger charge is 1.94. The Bertz CT molecular complexity index is 311. The van der Waals surface area contributed by atoms with Crippen LogP contribution in [0.3, 0.4) is 0 Å². The maximum Gasteiger partial charge on any atom is 0.119 e. The summed E-state index contributed by atoms with van der Waals surface area (Å²) < 4.78 is 11.1. The Morgan fingerprint density at radius 1 is 0.947 bits per heavy atom. The molecule has 0 radical (unpaired) electrons. The lowest BCUT2D eigenvalue weighted by Gasteiger charge is -2.08. The maximum atomic E-state index is 5.61. The summed E-state index contributed by atoms with van der Waals surface area (Å²) in [6.07, 6.45) is 3.53. The van der Waals surface area contributed by atoms with Gasteiger partial charge in [-0.1, -0.05) is 32.4 Å². The molecule has 1 rings (SSSR count). The van der Waals surface area contributed by atoms with E-state index in [2.05, 4.69) is 31.3 Å². The van der Waals surface area contributed by atoms with Crippen molar-refractivity contribution in [3.05, 3.63) is 29.8 Å². The summed E-state index contributed by atoms with van der Waals surface area (Å²) >= 11 is 0. The molecule has 0 unspecified atom stereocenters. The van der Waals surface area contributed by atoms with Crippen molar-refractivity contribution >= 4 is 0 Å². The van der Waals surface area contributed by atoms with E-state index in [9.17, 15) is 0 Å². The van der Waals surface area contributed by atoms with E-state index in [0.29, 0.717) is 13.2 Å². The summed E-state index contributed by atoms with van der Waals surface area (Å²) in [6.45, 7) is 8.36. The summed E-state index contributed by atoms with van der Waals surface area (Å²) in [5.41, 5.74) is 1.33. The van der Waals surface area contributed by atoms with E-state index in [0.717, 1.165) is 31.9 Å². The minimum Gasteiger partial charge on any atom is -0.491 e. The molecule has 3 nitrogen and oxygen atoms in total. The Morgan fingerprint density at radius 3 is 2.42 bits per heavy atom. The molecular weight excluding hydrogens is 238 g/mol. The average molecular weight is 265 g/mol. The zero-order valence-electron chi connectivity index (χ0n) is 12.3. The van der Waals surface area contributed by atoms with Gasteiger partial charge in [0.1, 0.15) is 12.4 Å². The van der Waals surface area contributed by atoms with Crippen LogP contribution < -0.4 is 10.1 Å². The van der Waals surface area contributed by atoms with Gasteiger partial charge in [-0.2, -0.15) is 0 Å². The summed E-state index contributed by atoms with van der Waals surface area (Å²) in [5.74, 6) is 0.918. The summed E-state index contributed by atoms with van der Waals surface area (Å²) in [4.78, 5) is 0. The van der Waals surface area contributed by atoms with Gasteiger partial charge in [-0.15, -0.1) is 0 Å². The van der Waals surface area contributed by atoms with E-state index in [4.69, 9.17) is 9.47 Å². The van der Waals surface area contributed by atoms with E-state index in [1.54, 1.807) is 0 Å². The molecule has 0 aliphatic rings. The number of unbranched alkanes of at least 4 members (excludes halogenated alkanes) is 1. The van der Waals surface area contributed by atoms with Crippen LogP contribution in [0.15, 0.2) is 24.3 Å². The molecule has 108 valence electrons. The van der Waals surface area contributed by atoms with Crippen molar-refractivity contribution in [2.24, 2.45) is 0 Å². The van der Waals surface area contributed by atoms with Gasteiger partial charge in [-0.25, -0.2) is 0 Å². The third-order valence-corrected chi connectivity index (χ3v) is 2.96. The molecule has 0 heterocycles. The highest BCUT2D eigenvalue weighted by atomic mass is 16.5. The molecule has 1 aromatic rings. The van der Waals surface area contributed by atoms with Gasteiger partial charge >= 0.3 is 0 Å². The van der Waals surface area contributed by atoms with Gasteiger partial charge in [0.25, 0.3) is 0 Å². The first-order valence-electron chi connectivity index (χ1n) is 7.37. The molecule has 0 aromatic heterocycles. The summed E-state index contributed by atoms with van der Waals surface area (Å²) in [5, 5.41) is 3.34. The quantitative estimate of drug-likeness (QED) is 0.624. The third-order valence-electron chi connectivity index (χ3n) is 2.96. The second-order valence-electron chi connectivity index (χ2n) is 4.56. The normalized spacial score (nSPS) is 10.6. The highest BCUT2D eigenvalue weighted by Crippen LogP contribution is 2.12. The summed E-state index contributed by atoms with van der Waals surface area (Å²) in [6, 6.07) is 8.25. The Kier molecular flexibility index (Phi) is 9.11. The number of benzene rings is 1. The number of nitrogens with one attached hydrogen (secondary N) is 1. The van der Waals surface area contributed by atoms with E-state index in [1.807, 2.05) is 12.1 Å². The van der Waals surface area contributed by atoms with Crippen LogP contribution in [0.5, 0.6) is 5.75 Å². The first kappa shape index (κ1) is 16.0.